The van der Waals surface area contributed by atoms with Crippen LogP contribution in [0.4, 0.5) is 0 Å². The molecular weight excluding hydrogens is 1230 g/mol. The molecule has 0 amide bonds. The van der Waals surface area contributed by atoms with E-state index in [9.17, 15) is 0 Å². The van der Waals surface area contributed by atoms with Crippen molar-refractivity contribution < 1.29 is 33.0 Å². The van der Waals surface area contributed by atoms with Crippen LogP contribution in [0.25, 0.3) is 0 Å². The summed E-state index contributed by atoms with van der Waals surface area (Å²) in [5, 5.41) is 0. The average molecular weight is 1400 g/mol. The summed E-state index contributed by atoms with van der Waals surface area (Å²) >= 11 is 1.17. The molecule has 0 heterocycles. The minimum atomic E-state index is -2.13. The van der Waals surface area contributed by atoms with Gasteiger partial charge >= 0.3 is 547 Å². The molecule has 7 heteroatoms. The zero-order valence-electron chi connectivity index (χ0n) is 60.4. The standard InChI is InChI=1S/2C37H81Si3.Lu/c2*1-10-19-28-38(29-20-11-2,30-21-12-3)37(39(31-22-13-4,32-23-14-5)33-24-15-6)40(34-25-16-7,35-26-17-8)36-27-18-9;/h2*10-36H2,1-9H3;. The fourth-order valence-electron chi connectivity index (χ4n) is 18.3. The second kappa shape index (κ2) is 49.3. The van der Waals surface area contributed by atoms with Gasteiger partial charge in [-0.05, 0) is 0 Å². The molecule has 0 radical (unpaired) electrons. The van der Waals surface area contributed by atoms with Gasteiger partial charge in [-0.2, -0.15) is 0 Å². The molecule has 0 aromatic carbocycles. The van der Waals surface area contributed by atoms with Crippen LogP contribution in [0, 0.1) is 33.0 Å². The molecule has 0 unspecified atom stereocenters. The van der Waals surface area contributed by atoms with E-state index in [1.54, 1.807) is 224 Å². The molecule has 0 bridgehead atoms. The number of hydrogen-bond donors (Lipinski definition) is 0. The quantitative estimate of drug-likeness (QED) is 0.0533. The monoisotopic (exact) mass is 1390 g/mol. The first-order valence-corrected chi connectivity index (χ1v) is 56.2. The summed E-state index contributed by atoms with van der Waals surface area (Å²) in [7, 11) is -12.8. The molecule has 0 nitrogen and oxygen atoms in total. The van der Waals surface area contributed by atoms with Crippen molar-refractivity contribution in [2.24, 2.45) is 0 Å². The molecule has 0 aliphatic heterocycles. The third kappa shape index (κ3) is 23.0. The maximum absolute atomic E-state index is 2.70. The van der Waals surface area contributed by atoms with E-state index in [1.807, 2.05) is 0 Å². The molecule has 0 atom stereocenters. The van der Waals surface area contributed by atoms with Gasteiger partial charge in [-0.1, -0.05) is 0 Å². The first-order chi connectivity index (χ1) is 39.3. The zero-order valence-corrected chi connectivity index (χ0v) is 68.1. The van der Waals surface area contributed by atoms with Crippen molar-refractivity contribution in [2.75, 3.05) is 0 Å². The summed E-state index contributed by atoms with van der Waals surface area (Å²) in [5.74, 6) is 0. The molecule has 0 saturated carbocycles. The van der Waals surface area contributed by atoms with Crippen molar-refractivity contribution in [1.82, 2.24) is 0 Å². The van der Waals surface area contributed by atoms with Gasteiger partial charge in [0.25, 0.3) is 0 Å². The fraction of sp³-hybridized carbons (Fsp3) is 1.00. The zero-order chi connectivity index (χ0) is 60.9. The van der Waals surface area contributed by atoms with Crippen LogP contribution in [0.2, 0.25) is 110 Å². The van der Waals surface area contributed by atoms with E-state index in [0.717, 1.165) is 1.01 Å². The van der Waals surface area contributed by atoms with Gasteiger partial charge < -0.3 is 0 Å². The van der Waals surface area contributed by atoms with Crippen molar-refractivity contribution in [3.05, 3.63) is 0 Å². The van der Waals surface area contributed by atoms with Crippen LogP contribution in [0.15, 0.2) is 0 Å². The molecule has 0 aromatic rings. The van der Waals surface area contributed by atoms with E-state index in [2.05, 4.69) is 125 Å². The SMILES string of the molecule is CCCC[Si](CCCC)(CCCC)[C]([Lu][C]([Si](CCCC)(CCCC)CCCC)([Si](CCCC)(CCCC)CCCC)[Si](CCCC)(CCCC)CCCC)([Si](CCCC)(CCCC)CCCC)[Si](CCCC)(CCCC)CCCC. The molecule has 0 aliphatic carbocycles. The van der Waals surface area contributed by atoms with Crippen LogP contribution in [0.3, 0.4) is 0 Å². The Morgan fingerprint density at radius 2 is 0.222 bits per heavy atom. The van der Waals surface area contributed by atoms with Gasteiger partial charge in [-0.3, -0.25) is 0 Å². The fourth-order valence-corrected chi connectivity index (χ4v) is 117. The molecule has 0 fully saturated rings. The average Bonchev–Trinajstić information content (AvgIpc) is 3.50. The Kier molecular flexibility index (Phi) is 50.8. The molecule has 0 N–H and O–H groups in total. The van der Waals surface area contributed by atoms with Crippen LogP contribution >= 0.6 is 0 Å². The topological polar surface area (TPSA) is 0 Å². The van der Waals surface area contributed by atoms with Crippen LogP contribution in [-0.2, 0) is 0 Å². The summed E-state index contributed by atoms with van der Waals surface area (Å²) in [5.41, 5.74) is 0. The van der Waals surface area contributed by atoms with Crippen molar-refractivity contribution in [3.63, 3.8) is 0 Å². The van der Waals surface area contributed by atoms with Crippen LogP contribution in [0.5, 0.6) is 0 Å². The van der Waals surface area contributed by atoms with Gasteiger partial charge in [0, 0.05) is 0 Å². The maximum atomic E-state index is 2.70. The third-order valence-electron chi connectivity index (χ3n) is 22.4. The Morgan fingerprint density at radius 3 is 0.284 bits per heavy atom. The minimum absolute atomic E-state index is 0.778. The Labute approximate surface area is 542 Å². The third-order valence-corrected chi connectivity index (χ3v) is 93.0. The number of hydrogen-bond acceptors (Lipinski definition) is 0. The van der Waals surface area contributed by atoms with Gasteiger partial charge in [0.15, 0.2) is 0 Å². The molecule has 0 saturated heterocycles. The van der Waals surface area contributed by atoms with Crippen LogP contribution in [0.1, 0.15) is 356 Å². The van der Waals surface area contributed by atoms with E-state index >= 15 is 0 Å². The summed E-state index contributed by atoms with van der Waals surface area (Å²) in [6.07, 6.45) is 54.6. The predicted octanol–water partition coefficient (Wildman–Crippen LogP) is 29.7. The van der Waals surface area contributed by atoms with Gasteiger partial charge in [-0.25, -0.2) is 0 Å². The molecule has 0 aromatic heterocycles. The van der Waals surface area contributed by atoms with Crippen LogP contribution in [-0.4, -0.2) is 48.4 Å². The van der Waals surface area contributed by atoms with E-state index in [1.165, 1.54) is 149 Å². The summed E-state index contributed by atoms with van der Waals surface area (Å²) < 4.78 is 1.56. The van der Waals surface area contributed by atoms with Gasteiger partial charge in [0.05, 0.1) is 0 Å². The second-order valence-corrected chi connectivity index (χ2v) is 67.8. The summed E-state index contributed by atoms with van der Waals surface area (Å²) in [6.45, 7) is 48.7. The predicted molar refractivity (Wildman–Crippen MR) is 395 cm³/mol. The molecule has 81 heavy (non-hydrogen) atoms. The van der Waals surface area contributed by atoms with Crippen LogP contribution < -0.4 is 0 Å². The normalized spacial score (nSPS) is 13.6. The second-order valence-electron chi connectivity index (χ2n) is 28.7. The van der Waals surface area contributed by atoms with Crippen molar-refractivity contribution in [3.8, 4) is 0 Å². The molecule has 0 rings (SSSR count). The molecule has 497 valence electrons. The van der Waals surface area contributed by atoms with E-state index in [4.69, 9.17) is 0 Å². The van der Waals surface area contributed by atoms with E-state index in [0.29, 0.717) is 0 Å². The van der Waals surface area contributed by atoms with Gasteiger partial charge in [0.2, 0.25) is 0 Å². The summed E-state index contributed by atoms with van der Waals surface area (Å²) in [4.78, 5) is 0. The number of rotatable bonds is 62. The molecule has 0 aliphatic rings. The Hall–Kier alpha value is 2.54. The van der Waals surface area contributed by atoms with Crippen molar-refractivity contribution >= 4 is 48.4 Å². The Balaban J connectivity index is 12.7. The van der Waals surface area contributed by atoms with Crippen molar-refractivity contribution in [1.29, 1.82) is 0 Å². The first kappa shape index (κ1) is 83.5. The first-order valence-electron chi connectivity index (χ1n) is 38.9. The Bertz CT molecular complexity index is 1010. The Morgan fingerprint density at radius 1 is 0.148 bits per heavy atom. The molecule has 0 spiro atoms. The van der Waals surface area contributed by atoms with E-state index < -0.39 is 48.4 Å². The number of unbranched alkanes of at least 4 members (excludes halogenated alkanes) is 18. The van der Waals surface area contributed by atoms with Crippen molar-refractivity contribution in [2.45, 2.75) is 466 Å². The van der Waals surface area contributed by atoms with E-state index in [-0.39, 0.29) is 0 Å². The molecular formula is C74H162LuSi6. The summed E-state index contributed by atoms with van der Waals surface area (Å²) in [6, 6.07) is 31.8. The van der Waals surface area contributed by atoms with Gasteiger partial charge in [-0.15, -0.1) is 0 Å². The van der Waals surface area contributed by atoms with Gasteiger partial charge in [0.1, 0.15) is 0 Å².